The van der Waals surface area contributed by atoms with E-state index in [2.05, 4.69) is 83.0 Å². The van der Waals surface area contributed by atoms with E-state index in [0.29, 0.717) is 19.6 Å². The molecule has 6 heterocycles. The molecule has 2 aromatic heterocycles. The molecule has 3 amide bonds. The summed E-state index contributed by atoms with van der Waals surface area (Å²) < 4.78 is 22.3. The third kappa shape index (κ3) is 8.90. The van der Waals surface area contributed by atoms with Gasteiger partial charge < -0.3 is 49.1 Å². The van der Waals surface area contributed by atoms with Gasteiger partial charge in [0.05, 0.1) is 60.2 Å². The minimum atomic E-state index is -1.25. The van der Waals surface area contributed by atoms with Crippen molar-refractivity contribution in [1.29, 1.82) is 0 Å². The van der Waals surface area contributed by atoms with Crippen molar-refractivity contribution in [2.24, 2.45) is 11.8 Å². The molecule has 0 radical (unpaired) electrons. The van der Waals surface area contributed by atoms with Gasteiger partial charge in [0.2, 0.25) is 18.2 Å². The molecule has 4 saturated heterocycles. The van der Waals surface area contributed by atoms with Crippen LogP contribution in [0.3, 0.4) is 0 Å². The van der Waals surface area contributed by atoms with Crippen LogP contribution in [-0.2, 0) is 28.5 Å². The average Bonchev–Trinajstić information content (AvgIpc) is 3.87. The Morgan fingerprint density at radius 2 is 1.12 bits per heavy atom. The van der Waals surface area contributed by atoms with Crippen molar-refractivity contribution < 1.29 is 38.4 Å². The number of carbonyl (C=O) groups is 3. The predicted molar refractivity (Wildman–Crippen MR) is 244 cm³/mol. The number of amides is 3. The number of ether oxygens (including phenoxy) is 4. The van der Waals surface area contributed by atoms with Crippen LogP contribution in [0.25, 0.3) is 33.6 Å². The van der Waals surface area contributed by atoms with Gasteiger partial charge in [-0.25, -0.2) is 14.8 Å². The van der Waals surface area contributed by atoms with Crippen molar-refractivity contribution in [1.82, 2.24) is 40.4 Å². The fraction of sp³-hybridized carbons (Fsp3) is 0.580. The third-order valence-corrected chi connectivity index (χ3v) is 15.5. The maximum Gasteiger partial charge on any atom is 0.407 e. The molecule has 6 fully saturated rings. The number of carbonyl (C=O) groups excluding carboxylic acids is 3. The van der Waals surface area contributed by atoms with Crippen molar-refractivity contribution in [2.75, 3.05) is 27.4 Å². The largest absolute Gasteiger partial charge is 0.453 e. The maximum absolute atomic E-state index is 14.5. The molecule has 2 aliphatic carbocycles. The van der Waals surface area contributed by atoms with Gasteiger partial charge in [0.1, 0.15) is 17.7 Å². The van der Waals surface area contributed by atoms with Crippen LogP contribution in [0, 0.1) is 11.8 Å². The minimum Gasteiger partial charge on any atom is -0.453 e. The zero-order valence-corrected chi connectivity index (χ0v) is 38.5. The van der Waals surface area contributed by atoms with Crippen molar-refractivity contribution in [3.8, 4) is 33.6 Å². The van der Waals surface area contributed by atoms with Crippen LogP contribution in [0.15, 0.2) is 60.9 Å². The first kappa shape index (κ1) is 44.7. The lowest BCUT2D eigenvalue weighted by Crippen LogP contribution is -2.56. The van der Waals surface area contributed by atoms with Crippen LogP contribution < -0.4 is 10.6 Å². The summed E-state index contributed by atoms with van der Waals surface area (Å²) in [5, 5.41) is 16.5. The second kappa shape index (κ2) is 18.2. The highest BCUT2D eigenvalue weighted by atomic mass is 16.6. The second-order valence-electron chi connectivity index (χ2n) is 19.8. The average molecular weight is 905 g/mol. The molecule has 0 bridgehead atoms. The van der Waals surface area contributed by atoms with Gasteiger partial charge in [0.15, 0.2) is 0 Å². The zero-order valence-electron chi connectivity index (χ0n) is 38.5. The summed E-state index contributed by atoms with van der Waals surface area (Å²) in [4.78, 5) is 62.0. The standard InChI is InChI=1S/C50H64N8O8/c1-29-5-15-39(57(29)45(59)41(55-47(61)63-3)35-17-23-65-49(25-35)19-20-49)43-51-27-37(53-43)33-11-7-31(8-12-33)32-9-13-34(14-10-32)38-28-52-44(54-38)40-16-6-30(2)58(40)46(60)42(56-48(62)64-4)36-18-24-66-50(26-36)21-22-50/h7-14,27-30,35-36,39-42,47,55,61H,5-6,15-26H2,1-4H3,(H,51,53)(H,52,54)(H,56,62)/t29-,30-,35-,36-,39-,40-,41-,42-,47?/m0/s1. The molecule has 5 N–H and O–H groups in total. The van der Waals surface area contributed by atoms with Gasteiger partial charge in [-0.15, -0.1) is 0 Å². The normalized spacial score (nSPS) is 27.7. The van der Waals surface area contributed by atoms with Gasteiger partial charge in [0.25, 0.3) is 0 Å². The lowest BCUT2D eigenvalue weighted by atomic mass is 9.86. The number of methoxy groups -OCH3 is 2. The number of imidazole rings is 2. The van der Waals surface area contributed by atoms with Gasteiger partial charge in [-0.05, 0) is 125 Å². The Balaban J connectivity index is 0.801. The van der Waals surface area contributed by atoms with Gasteiger partial charge >= 0.3 is 6.09 Å². The van der Waals surface area contributed by atoms with Crippen LogP contribution in [-0.4, -0.2) is 122 Å². The Bertz CT molecular complexity index is 2380. The van der Waals surface area contributed by atoms with Crippen LogP contribution in [0.4, 0.5) is 4.79 Å². The van der Waals surface area contributed by atoms with E-state index in [1.165, 1.54) is 14.2 Å². The SMILES string of the molecule is COC(=O)N[C@H](C(=O)N1[C@@H](C)CC[C@H]1c1ncc(-c2ccc(-c3ccc(-c4cnc([C@@H]5CC[C@H](C)N5C(=O)[C@@H](NC(O)OC)[C@H]5CCOC6(CC6)C5)[nH]4)cc3)cc2)[nH]1)[C@H]1CCOC2(CC2)C1. The fourth-order valence-electron chi connectivity index (χ4n) is 11.4. The summed E-state index contributed by atoms with van der Waals surface area (Å²) in [6.07, 6.45) is 12.1. The summed E-state index contributed by atoms with van der Waals surface area (Å²) in [7, 11) is 2.76. The van der Waals surface area contributed by atoms with Crippen LogP contribution in [0.1, 0.15) is 115 Å². The molecular weight excluding hydrogens is 841 g/mol. The first-order valence-corrected chi connectivity index (χ1v) is 24.0. The number of rotatable bonds is 13. The van der Waals surface area contributed by atoms with Crippen molar-refractivity contribution in [3.63, 3.8) is 0 Å². The van der Waals surface area contributed by atoms with Crippen molar-refractivity contribution in [3.05, 3.63) is 72.6 Å². The topological polar surface area (TPSA) is 196 Å². The molecule has 16 nitrogen and oxygen atoms in total. The lowest BCUT2D eigenvalue weighted by molar-refractivity contribution is -0.151. The van der Waals surface area contributed by atoms with E-state index >= 15 is 0 Å². The highest BCUT2D eigenvalue weighted by molar-refractivity contribution is 5.87. The number of hydrogen-bond donors (Lipinski definition) is 5. The molecule has 352 valence electrons. The van der Waals surface area contributed by atoms with E-state index in [-0.39, 0.29) is 59.0 Å². The monoisotopic (exact) mass is 904 g/mol. The van der Waals surface area contributed by atoms with Crippen molar-refractivity contribution in [2.45, 2.75) is 145 Å². The molecule has 4 aliphatic heterocycles. The van der Waals surface area contributed by atoms with Gasteiger partial charge in [-0.1, -0.05) is 48.5 Å². The van der Waals surface area contributed by atoms with E-state index < -0.39 is 24.6 Å². The number of aromatic nitrogens is 4. The third-order valence-electron chi connectivity index (χ3n) is 15.5. The Kier molecular flexibility index (Phi) is 12.3. The molecule has 6 aliphatic rings. The Hall–Kier alpha value is -5.13. The predicted octanol–water partition coefficient (Wildman–Crippen LogP) is 6.76. The molecular formula is C50H64N8O8. The number of nitrogens with zero attached hydrogens (tertiary/aromatic N) is 4. The highest BCUT2D eigenvalue weighted by Crippen LogP contribution is 2.51. The lowest BCUT2D eigenvalue weighted by Gasteiger charge is -2.39. The van der Waals surface area contributed by atoms with E-state index in [4.69, 9.17) is 28.9 Å². The number of H-pyrrole nitrogens is 2. The number of aromatic amines is 2. The first-order valence-electron chi connectivity index (χ1n) is 24.0. The molecule has 16 heteroatoms. The molecule has 2 saturated carbocycles. The number of nitrogens with one attached hydrogen (secondary N) is 4. The number of hydrogen-bond acceptors (Lipinski definition) is 11. The smallest absolute Gasteiger partial charge is 0.407 e. The van der Waals surface area contributed by atoms with Gasteiger partial charge in [-0.2, -0.15) is 0 Å². The van der Waals surface area contributed by atoms with E-state index in [0.717, 1.165) is 116 Å². The summed E-state index contributed by atoms with van der Waals surface area (Å²) in [6.45, 7) is 5.35. The molecule has 1 unspecified atom stereocenters. The number of aliphatic hydroxyl groups excluding tert-OH is 1. The highest BCUT2D eigenvalue weighted by Gasteiger charge is 2.53. The Morgan fingerprint density at radius 1 is 0.682 bits per heavy atom. The van der Waals surface area contributed by atoms with E-state index in [9.17, 15) is 19.5 Å². The number of aliphatic hydroxyl groups is 1. The van der Waals surface area contributed by atoms with Crippen molar-refractivity contribution >= 4 is 17.9 Å². The van der Waals surface area contributed by atoms with Gasteiger partial charge in [0, 0.05) is 32.4 Å². The number of alkyl carbamates (subject to hydrolysis) is 1. The van der Waals surface area contributed by atoms with E-state index in [1.807, 2.05) is 22.2 Å². The molecule has 9 atom stereocenters. The number of likely N-dealkylation sites (tertiary alicyclic amines) is 2. The maximum atomic E-state index is 14.5. The Labute approximate surface area is 385 Å². The summed E-state index contributed by atoms with van der Waals surface area (Å²) >= 11 is 0. The summed E-state index contributed by atoms with van der Waals surface area (Å²) in [6, 6.07) is 15.0. The number of benzene rings is 2. The first-order chi connectivity index (χ1) is 32.0. The minimum absolute atomic E-state index is 0.0122. The van der Waals surface area contributed by atoms with Crippen LogP contribution in [0.5, 0.6) is 0 Å². The fourth-order valence-corrected chi connectivity index (χ4v) is 11.4. The van der Waals surface area contributed by atoms with Gasteiger partial charge in [-0.3, -0.25) is 14.9 Å². The molecule has 66 heavy (non-hydrogen) atoms. The van der Waals surface area contributed by atoms with Crippen LogP contribution >= 0.6 is 0 Å². The zero-order chi connectivity index (χ0) is 45.7. The summed E-state index contributed by atoms with van der Waals surface area (Å²) in [5.41, 5.74) is 5.57. The molecule has 4 aromatic rings. The van der Waals surface area contributed by atoms with E-state index in [1.54, 1.807) is 0 Å². The quantitative estimate of drug-likeness (QED) is 0.0890. The Morgan fingerprint density at radius 3 is 1.56 bits per heavy atom. The molecule has 2 aromatic carbocycles. The van der Waals surface area contributed by atoms with Crippen LogP contribution in [0.2, 0.25) is 0 Å². The second-order valence-corrected chi connectivity index (χ2v) is 19.8. The summed E-state index contributed by atoms with van der Waals surface area (Å²) in [5.74, 6) is 1.35. The molecule has 2 spiro atoms. The molecule has 10 rings (SSSR count).